The summed E-state index contributed by atoms with van der Waals surface area (Å²) in [4.78, 5) is 0. The van der Waals surface area contributed by atoms with Crippen LogP contribution in [-0.4, -0.2) is 12.3 Å². The molecule has 0 N–H and O–H groups in total. The first-order chi connectivity index (χ1) is 5.06. The lowest BCUT2D eigenvalue weighted by Gasteiger charge is -2.44. The molecule has 0 saturated carbocycles. The fraction of sp³-hybridized carbons (Fsp3) is 1.00. The van der Waals surface area contributed by atoms with Gasteiger partial charge in [-0.2, -0.15) is 0 Å². The molecule has 0 saturated heterocycles. The van der Waals surface area contributed by atoms with E-state index >= 15 is 0 Å². The van der Waals surface area contributed by atoms with Crippen molar-refractivity contribution in [1.82, 2.24) is 0 Å². The maximum atomic E-state index is 14.1. The van der Waals surface area contributed by atoms with Crippen molar-refractivity contribution in [2.24, 2.45) is 0 Å². The second-order valence-electron chi connectivity index (χ2n) is 4.93. The first-order valence-corrected chi connectivity index (χ1v) is 8.23. The van der Waals surface area contributed by atoms with Gasteiger partial charge in [0, 0.05) is 0 Å². The Morgan fingerprint density at radius 2 is 1.58 bits per heavy atom. The highest BCUT2D eigenvalue weighted by Crippen LogP contribution is 2.48. The van der Waals surface area contributed by atoms with E-state index in [4.69, 9.17) is 0 Å². The van der Waals surface area contributed by atoms with Gasteiger partial charge in [0.2, 0.25) is 0 Å². The minimum Gasteiger partial charge on any atom is -0.236 e. The van der Waals surface area contributed by atoms with Gasteiger partial charge in [0.25, 0.3) is 0 Å². The van der Waals surface area contributed by atoms with Gasteiger partial charge in [-0.05, 0) is 11.5 Å². The van der Waals surface area contributed by atoms with Crippen molar-refractivity contribution in [2.45, 2.75) is 56.4 Å². The number of hydrogen-bond acceptors (Lipinski definition) is 0. The van der Waals surface area contributed by atoms with Crippen LogP contribution in [0.25, 0.3) is 0 Å². The minimum absolute atomic E-state index is 0.0985. The first-order valence-electron chi connectivity index (χ1n) is 4.44. The van der Waals surface area contributed by atoms with Crippen LogP contribution in [0, 0.1) is 0 Å². The van der Waals surface area contributed by atoms with Gasteiger partial charge in [-0.3, -0.25) is 0 Å². The Hall–Kier alpha value is 0.627. The number of hydrogen-bond donors (Lipinski definition) is 0. The molecule has 0 bridgehead atoms. The molecular weight excluding hydrogens is 235 g/mol. The first kappa shape index (κ1) is 12.6. The Bertz CT molecular complexity index is 158. The molecule has 0 aliphatic carbocycles. The molecule has 0 amide bonds. The SMILES string of the molecule is CCC(F)(Br)[Si](C)(C)C(C)(C)C. The van der Waals surface area contributed by atoms with Gasteiger partial charge in [-0.15, -0.1) is 0 Å². The third kappa shape index (κ3) is 2.11. The molecule has 1 unspecified atom stereocenters. The molecule has 0 heterocycles. The van der Waals surface area contributed by atoms with E-state index < -0.39 is 12.3 Å². The van der Waals surface area contributed by atoms with Crippen LogP contribution in [0.15, 0.2) is 0 Å². The van der Waals surface area contributed by atoms with Crippen LogP contribution in [0.5, 0.6) is 0 Å². The van der Waals surface area contributed by atoms with E-state index in [2.05, 4.69) is 49.8 Å². The van der Waals surface area contributed by atoms with Crippen molar-refractivity contribution in [1.29, 1.82) is 0 Å². The van der Waals surface area contributed by atoms with Gasteiger partial charge in [0.1, 0.15) is 8.07 Å². The lowest BCUT2D eigenvalue weighted by molar-refractivity contribution is 0.370. The van der Waals surface area contributed by atoms with Gasteiger partial charge in [-0.25, -0.2) is 4.39 Å². The van der Waals surface area contributed by atoms with Crippen molar-refractivity contribution in [3.63, 3.8) is 0 Å². The summed E-state index contributed by atoms with van der Waals surface area (Å²) in [5, 5.41) is 0.0985. The molecule has 0 radical (unpaired) electrons. The van der Waals surface area contributed by atoms with Gasteiger partial charge < -0.3 is 0 Å². The van der Waals surface area contributed by atoms with Gasteiger partial charge >= 0.3 is 0 Å². The normalized spacial score (nSPS) is 19.0. The largest absolute Gasteiger partial charge is 0.236 e. The number of halogens is 2. The zero-order chi connectivity index (χ0) is 10.2. The van der Waals surface area contributed by atoms with E-state index in [0.717, 1.165) is 0 Å². The van der Waals surface area contributed by atoms with E-state index in [9.17, 15) is 4.39 Å². The van der Waals surface area contributed by atoms with Gasteiger partial charge in [0.05, 0.1) is 0 Å². The zero-order valence-electron chi connectivity index (χ0n) is 8.96. The van der Waals surface area contributed by atoms with Crippen LogP contribution in [0.4, 0.5) is 4.39 Å². The smallest absolute Gasteiger partial charge is 0.151 e. The quantitative estimate of drug-likeness (QED) is 0.503. The van der Waals surface area contributed by atoms with Crippen molar-refractivity contribution in [3.05, 3.63) is 0 Å². The molecule has 12 heavy (non-hydrogen) atoms. The summed E-state index contributed by atoms with van der Waals surface area (Å²) in [7, 11) is -1.88. The Kier molecular flexibility index (Phi) is 3.59. The molecule has 0 aromatic carbocycles. The summed E-state index contributed by atoms with van der Waals surface area (Å²) < 4.78 is 12.9. The maximum absolute atomic E-state index is 14.1. The molecule has 0 spiro atoms. The average molecular weight is 255 g/mol. The fourth-order valence-electron chi connectivity index (χ4n) is 0.991. The summed E-state index contributed by atoms with van der Waals surface area (Å²) in [5.74, 6) is 0. The average Bonchev–Trinajstić information content (AvgIpc) is 1.85. The van der Waals surface area contributed by atoms with Gasteiger partial charge in [0.15, 0.2) is 4.20 Å². The van der Waals surface area contributed by atoms with E-state index in [0.29, 0.717) is 6.42 Å². The second-order valence-corrected chi connectivity index (χ2v) is 12.5. The van der Waals surface area contributed by atoms with Crippen LogP contribution in [0.1, 0.15) is 34.1 Å². The van der Waals surface area contributed by atoms with Crippen LogP contribution in [0.2, 0.25) is 18.1 Å². The lowest BCUT2D eigenvalue weighted by Crippen LogP contribution is -2.53. The second kappa shape index (κ2) is 3.41. The van der Waals surface area contributed by atoms with Crippen molar-refractivity contribution >= 4 is 24.0 Å². The molecule has 0 aromatic rings. The van der Waals surface area contributed by atoms with Crippen molar-refractivity contribution in [3.8, 4) is 0 Å². The molecule has 0 aromatic heterocycles. The summed E-state index contributed by atoms with van der Waals surface area (Å²) in [6, 6.07) is 0. The summed E-state index contributed by atoms with van der Waals surface area (Å²) in [6.45, 7) is 12.5. The zero-order valence-corrected chi connectivity index (χ0v) is 11.5. The topological polar surface area (TPSA) is 0 Å². The minimum atomic E-state index is -1.88. The fourth-order valence-corrected chi connectivity index (χ4v) is 4.76. The van der Waals surface area contributed by atoms with Crippen LogP contribution in [0.3, 0.4) is 0 Å². The Balaban J connectivity index is 4.85. The molecule has 74 valence electrons. The van der Waals surface area contributed by atoms with Crippen molar-refractivity contribution in [2.75, 3.05) is 0 Å². The molecule has 1 atom stereocenters. The number of alkyl halides is 2. The summed E-state index contributed by atoms with van der Waals surface area (Å²) >= 11 is 3.23. The maximum Gasteiger partial charge on any atom is 0.151 e. The molecule has 0 aliphatic heterocycles. The highest BCUT2D eigenvalue weighted by molar-refractivity contribution is 9.10. The third-order valence-corrected chi connectivity index (χ3v) is 12.7. The predicted octanol–water partition coefficient (Wildman–Crippen LogP) is 4.50. The van der Waals surface area contributed by atoms with E-state index in [-0.39, 0.29) is 5.04 Å². The Morgan fingerprint density at radius 1 is 1.25 bits per heavy atom. The number of rotatable bonds is 2. The molecule has 0 rings (SSSR count). The monoisotopic (exact) mass is 254 g/mol. The molecular formula is C9H20BrFSi. The molecule has 0 aliphatic rings. The third-order valence-electron chi connectivity index (χ3n) is 3.23. The summed E-state index contributed by atoms with van der Waals surface area (Å²) in [5.41, 5.74) is 0. The van der Waals surface area contributed by atoms with Crippen LogP contribution < -0.4 is 0 Å². The molecule has 0 fully saturated rings. The van der Waals surface area contributed by atoms with E-state index in [1.165, 1.54) is 0 Å². The molecule has 0 nitrogen and oxygen atoms in total. The van der Waals surface area contributed by atoms with E-state index in [1.807, 2.05) is 6.92 Å². The Labute approximate surface area is 85.1 Å². The highest BCUT2D eigenvalue weighted by Gasteiger charge is 2.51. The Morgan fingerprint density at radius 3 is 1.67 bits per heavy atom. The van der Waals surface area contributed by atoms with E-state index in [1.54, 1.807) is 0 Å². The van der Waals surface area contributed by atoms with Crippen molar-refractivity contribution < 1.29 is 4.39 Å². The summed E-state index contributed by atoms with van der Waals surface area (Å²) in [6.07, 6.45) is 0.559. The molecule has 3 heteroatoms. The highest BCUT2D eigenvalue weighted by atomic mass is 79.9. The van der Waals surface area contributed by atoms with Crippen LogP contribution >= 0.6 is 15.9 Å². The van der Waals surface area contributed by atoms with Crippen LogP contribution in [-0.2, 0) is 0 Å². The van der Waals surface area contributed by atoms with Gasteiger partial charge in [-0.1, -0.05) is 56.7 Å². The standard InChI is InChI=1S/C9H20BrFSi/c1-7-9(10,11)12(5,6)8(2,3)4/h7H2,1-6H3. The lowest BCUT2D eigenvalue weighted by atomic mass is 10.2. The predicted molar refractivity (Wildman–Crippen MR) is 60.3 cm³/mol.